The Morgan fingerprint density at radius 2 is 1.96 bits per heavy atom. The van der Waals surface area contributed by atoms with Crippen molar-refractivity contribution in [1.29, 1.82) is 5.26 Å². The third-order valence-electron chi connectivity index (χ3n) is 3.60. The molecule has 0 N–H and O–H groups in total. The van der Waals surface area contributed by atoms with E-state index >= 15 is 0 Å². The Balaban J connectivity index is 1.96. The van der Waals surface area contributed by atoms with Gasteiger partial charge in [-0.15, -0.1) is 0 Å². The van der Waals surface area contributed by atoms with Crippen LogP contribution in [0.5, 0.6) is 0 Å². The number of nitriles is 1. The Bertz CT molecular complexity index is 1060. The summed E-state index contributed by atoms with van der Waals surface area (Å²) in [6.45, 7) is 0. The van der Waals surface area contributed by atoms with Gasteiger partial charge in [-0.1, -0.05) is 41.4 Å². The van der Waals surface area contributed by atoms with Gasteiger partial charge in [0.05, 0.1) is 21.6 Å². The summed E-state index contributed by atoms with van der Waals surface area (Å²) < 4.78 is 5.70. The van der Waals surface area contributed by atoms with E-state index in [-0.39, 0.29) is 5.69 Å². The fourth-order valence-corrected chi connectivity index (χ4v) is 2.89. The molecule has 26 heavy (non-hydrogen) atoms. The summed E-state index contributed by atoms with van der Waals surface area (Å²) in [6, 6.07) is 16.4. The zero-order valence-electron chi connectivity index (χ0n) is 13.1. The molecule has 0 aliphatic rings. The number of non-ortho nitro benzene ring substituents is 1. The molecule has 0 spiro atoms. The Morgan fingerprint density at radius 3 is 2.65 bits per heavy atom. The second-order valence-electron chi connectivity index (χ2n) is 5.30. The minimum absolute atomic E-state index is 0.0262. The van der Waals surface area contributed by atoms with Crippen LogP contribution in [0, 0.1) is 21.4 Å². The molecule has 0 atom stereocenters. The lowest BCUT2D eigenvalue weighted by Crippen LogP contribution is -1.87. The van der Waals surface area contributed by atoms with E-state index < -0.39 is 4.92 Å². The second-order valence-corrected chi connectivity index (χ2v) is 6.15. The molecule has 1 aromatic heterocycles. The molecule has 128 valence electrons. The first kappa shape index (κ1) is 17.7. The number of allylic oxidation sites excluding steroid dienone is 1. The van der Waals surface area contributed by atoms with Crippen LogP contribution in [0.3, 0.4) is 0 Å². The molecule has 1 heterocycles. The van der Waals surface area contributed by atoms with Gasteiger partial charge >= 0.3 is 0 Å². The first-order chi connectivity index (χ1) is 12.5. The highest BCUT2D eigenvalue weighted by Crippen LogP contribution is 2.30. The molecule has 0 bridgehead atoms. The highest BCUT2D eigenvalue weighted by Gasteiger charge is 2.11. The van der Waals surface area contributed by atoms with Gasteiger partial charge in [0.25, 0.3) is 5.69 Å². The van der Waals surface area contributed by atoms with E-state index in [0.717, 1.165) is 0 Å². The summed E-state index contributed by atoms with van der Waals surface area (Å²) in [6.07, 6.45) is 1.55. The van der Waals surface area contributed by atoms with Crippen molar-refractivity contribution in [2.45, 2.75) is 0 Å². The first-order valence-corrected chi connectivity index (χ1v) is 8.15. The largest absolute Gasteiger partial charge is 0.457 e. The van der Waals surface area contributed by atoms with Crippen LogP contribution in [0.25, 0.3) is 23.0 Å². The molecular formula is C19H10Cl2N2O3. The van der Waals surface area contributed by atoms with Crippen LogP contribution in [0.2, 0.25) is 10.0 Å². The van der Waals surface area contributed by atoms with E-state index in [1.807, 2.05) is 0 Å². The zero-order chi connectivity index (χ0) is 18.7. The molecule has 5 nitrogen and oxygen atoms in total. The Kier molecular flexibility index (Phi) is 5.08. The highest BCUT2D eigenvalue weighted by molar-refractivity contribution is 6.36. The minimum Gasteiger partial charge on any atom is -0.457 e. The monoisotopic (exact) mass is 384 g/mol. The van der Waals surface area contributed by atoms with Gasteiger partial charge in [-0.3, -0.25) is 10.1 Å². The van der Waals surface area contributed by atoms with Crippen LogP contribution in [0.4, 0.5) is 5.69 Å². The van der Waals surface area contributed by atoms with Gasteiger partial charge in [0.15, 0.2) is 0 Å². The minimum atomic E-state index is -0.469. The number of halogens is 2. The molecule has 3 aromatic rings. The normalized spacial score (nSPS) is 11.2. The number of nitro groups is 1. The molecule has 0 saturated carbocycles. The van der Waals surface area contributed by atoms with E-state index in [1.165, 1.54) is 12.1 Å². The van der Waals surface area contributed by atoms with Crippen LogP contribution in [-0.2, 0) is 0 Å². The molecule has 0 amide bonds. The Morgan fingerprint density at radius 1 is 1.15 bits per heavy atom. The van der Waals surface area contributed by atoms with Crippen molar-refractivity contribution < 1.29 is 9.34 Å². The molecule has 0 unspecified atom stereocenters. The summed E-state index contributed by atoms with van der Waals surface area (Å²) in [5.41, 5.74) is 1.39. The number of nitrogens with zero attached hydrogens (tertiary/aromatic N) is 2. The lowest BCUT2D eigenvalue weighted by molar-refractivity contribution is -0.384. The predicted octanol–water partition coefficient (Wildman–Crippen LogP) is 6.23. The number of hydrogen-bond acceptors (Lipinski definition) is 4. The molecule has 2 aromatic carbocycles. The van der Waals surface area contributed by atoms with Crippen LogP contribution in [0.15, 0.2) is 59.0 Å². The molecule has 0 fully saturated rings. The van der Waals surface area contributed by atoms with Gasteiger partial charge in [-0.05, 0) is 30.3 Å². The molecule has 0 saturated heterocycles. The lowest BCUT2D eigenvalue weighted by Gasteiger charge is -2.02. The van der Waals surface area contributed by atoms with Crippen LogP contribution >= 0.6 is 23.2 Å². The maximum absolute atomic E-state index is 10.9. The number of nitro benzene ring substituents is 1. The van der Waals surface area contributed by atoms with Crippen molar-refractivity contribution in [3.8, 4) is 17.4 Å². The summed E-state index contributed by atoms with van der Waals surface area (Å²) in [5, 5.41) is 21.2. The van der Waals surface area contributed by atoms with Gasteiger partial charge in [0.2, 0.25) is 0 Å². The third kappa shape index (κ3) is 3.77. The van der Waals surface area contributed by atoms with Crippen molar-refractivity contribution in [2.24, 2.45) is 0 Å². The Hall–Kier alpha value is -3.07. The molecule has 0 radical (unpaired) electrons. The molecule has 3 rings (SSSR count). The molecule has 7 heteroatoms. The fourth-order valence-electron chi connectivity index (χ4n) is 2.38. The summed E-state index contributed by atoms with van der Waals surface area (Å²) in [4.78, 5) is 10.4. The van der Waals surface area contributed by atoms with Crippen LogP contribution in [-0.4, -0.2) is 4.92 Å². The Labute approximate surface area is 158 Å². The lowest BCUT2D eigenvalue weighted by atomic mass is 10.1. The predicted molar refractivity (Wildman–Crippen MR) is 101 cm³/mol. The SMILES string of the molecule is N#C/C(=C/c1ccc(-c2cccc([N+](=O)[O-])c2)o1)c1ccc(Cl)cc1Cl. The van der Waals surface area contributed by atoms with Crippen molar-refractivity contribution in [3.63, 3.8) is 0 Å². The van der Waals surface area contributed by atoms with E-state index in [1.54, 1.807) is 48.5 Å². The maximum atomic E-state index is 10.9. The zero-order valence-corrected chi connectivity index (χ0v) is 14.7. The summed E-state index contributed by atoms with van der Waals surface area (Å²) in [7, 11) is 0. The summed E-state index contributed by atoms with van der Waals surface area (Å²) in [5.74, 6) is 0.883. The van der Waals surface area contributed by atoms with Gasteiger partial charge in [0.1, 0.15) is 11.5 Å². The van der Waals surface area contributed by atoms with Crippen molar-refractivity contribution in [1.82, 2.24) is 0 Å². The van der Waals surface area contributed by atoms with Crippen molar-refractivity contribution in [2.75, 3.05) is 0 Å². The highest BCUT2D eigenvalue weighted by atomic mass is 35.5. The number of benzene rings is 2. The summed E-state index contributed by atoms with van der Waals surface area (Å²) >= 11 is 12.0. The van der Waals surface area contributed by atoms with E-state index in [4.69, 9.17) is 27.6 Å². The molecule has 0 aliphatic heterocycles. The fraction of sp³-hybridized carbons (Fsp3) is 0. The van der Waals surface area contributed by atoms with E-state index in [2.05, 4.69) is 6.07 Å². The second kappa shape index (κ2) is 7.44. The average molecular weight is 385 g/mol. The quantitative estimate of drug-likeness (QED) is 0.303. The van der Waals surface area contributed by atoms with E-state index in [0.29, 0.717) is 38.3 Å². The van der Waals surface area contributed by atoms with Gasteiger partial charge in [-0.2, -0.15) is 5.26 Å². The van der Waals surface area contributed by atoms with Gasteiger partial charge < -0.3 is 4.42 Å². The van der Waals surface area contributed by atoms with Crippen molar-refractivity contribution >= 4 is 40.5 Å². The third-order valence-corrected chi connectivity index (χ3v) is 4.14. The first-order valence-electron chi connectivity index (χ1n) is 7.40. The topological polar surface area (TPSA) is 80.1 Å². The standard InChI is InChI=1S/C19H10Cl2N2O3/c20-14-4-6-17(18(21)10-14)13(11-22)9-16-5-7-19(26-16)12-2-1-3-15(8-12)23(24)25/h1-10H/b13-9-. The molecular weight excluding hydrogens is 375 g/mol. The van der Waals surface area contributed by atoms with Crippen molar-refractivity contribution in [3.05, 3.63) is 86.1 Å². The number of furan rings is 1. The average Bonchev–Trinajstić information content (AvgIpc) is 3.09. The van der Waals surface area contributed by atoms with Gasteiger partial charge in [0, 0.05) is 28.3 Å². The van der Waals surface area contributed by atoms with Gasteiger partial charge in [-0.25, -0.2) is 0 Å². The van der Waals surface area contributed by atoms with E-state index in [9.17, 15) is 15.4 Å². The smallest absolute Gasteiger partial charge is 0.270 e. The molecule has 0 aliphatic carbocycles. The van der Waals surface area contributed by atoms with Crippen LogP contribution in [0.1, 0.15) is 11.3 Å². The number of hydrogen-bond donors (Lipinski definition) is 0. The van der Waals surface area contributed by atoms with Crippen LogP contribution < -0.4 is 0 Å². The maximum Gasteiger partial charge on any atom is 0.270 e. The number of rotatable bonds is 4.